The molecule has 0 unspecified atom stereocenters. The number of aryl methyl sites for hydroxylation is 1. The van der Waals surface area contributed by atoms with Crippen LogP contribution in [0.15, 0.2) is 29.1 Å². The van der Waals surface area contributed by atoms with Crippen molar-refractivity contribution in [2.45, 2.75) is 6.54 Å². The zero-order chi connectivity index (χ0) is 13.4. The summed E-state index contributed by atoms with van der Waals surface area (Å²) in [4.78, 5) is 16.7. The molecule has 0 fully saturated rings. The Labute approximate surface area is 109 Å². The van der Waals surface area contributed by atoms with Crippen LogP contribution in [-0.4, -0.2) is 26.8 Å². The molecule has 3 aromatic rings. The second-order valence-corrected chi connectivity index (χ2v) is 4.51. The van der Waals surface area contributed by atoms with Gasteiger partial charge in [-0.3, -0.25) is 4.68 Å². The molecule has 1 aromatic carbocycles. The molecule has 6 heteroatoms. The number of aromatic nitrogens is 4. The van der Waals surface area contributed by atoms with Crippen molar-refractivity contribution in [2.24, 2.45) is 7.05 Å². The molecule has 0 amide bonds. The number of aromatic amines is 2. The van der Waals surface area contributed by atoms with Crippen LogP contribution in [0.3, 0.4) is 0 Å². The van der Waals surface area contributed by atoms with Gasteiger partial charge in [0.2, 0.25) is 0 Å². The molecule has 2 aromatic heterocycles. The molecule has 0 bridgehead atoms. The van der Waals surface area contributed by atoms with Gasteiger partial charge in [0.25, 0.3) is 0 Å². The zero-order valence-corrected chi connectivity index (χ0v) is 10.8. The highest BCUT2D eigenvalue weighted by Gasteiger charge is 2.08. The van der Waals surface area contributed by atoms with E-state index in [-0.39, 0.29) is 5.69 Å². The van der Waals surface area contributed by atoms with E-state index in [0.717, 1.165) is 34.5 Å². The first-order chi connectivity index (χ1) is 9.17. The maximum absolute atomic E-state index is 11.2. The lowest BCUT2D eigenvalue weighted by Crippen LogP contribution is -2.09. The summed E-state index contributed by atoms with van der Waals surface area (Å²) in [7, 11) is 3.83. The van der Waals surface area contributed by atoms with Crippen LogP contribution in [0.5, 0.6) is 0 Å². The highest BCUT2D eigenvalue weighted by molar-refractivity contribution is 5.80. The predicted molar refractivity (Wildman–Crippen MR) is 73.9 cm³/mol. The fraction of sp³-hybridized carbons (Fsp3) is 0.231. The van der Waals surface area contributed by atoms with Gasteiger partial charge >= 0.3 is 5.69 Å². The number of H-pyrrole nitrogens is 2. The van der Waals surface area contributed by atoms with Crippen LogP contribution >= 0.6 is 0 Å². The summed E-state index contributed by atoms with van der Waals surface area (Å²) < 4.78 is 1.86. The molecule has 0 aliphatic rings. The lowest BCUT2D eigenvalue weighted by atomic mass is 10.1. The van der Waals surface area contributed by atoms with E-state index in [1.54, 1.807) is 0 Å². The van der Waals surface area contributed by atoms with Crippen molar-refractivity contribution in [3.63, 3.8) is 0 Å². The normalized spacial score (nSPS) is 11.3. The lowest BCUT2D eigenvalue weighted by molar-refractivity contribution is 0.673. The smallest absolute Gasteiger partial charge is 0.314 e. The minimum atomic E-state index is -0.191. The molecule has 0 aliphatic heterocycles. The number of rotatable bonds is 3. The molecule has 0 aliphatic carbocycles. The van der Waals surface area contributed by atoms with E-state index in [1.807, 2.05) is 43.0 Å². The first kappa shape index (κ1) is 11.7. The minimum Gasteiger partial charge on any atom is -0.314 e. The summed E-state index contributed by atoms with van der Waals surface area (Å²) in [6.07, 6.45) is 0. The second-order valence-electron chi connectivity index (χ2n) is 4.51. The van der Waals surface area contributed by atoms with Crippen LogP contribution in [0.4, 0.5) is 0 Å². The molecular formula is C13H15N5O. The summed E-state index contributed by atoms with van der Waals surface area (Å²) in [5, 5.41) is 7.60. The van der Waals surface area contributed by atoms with Crippen molar-refractivity contribution in [2.75, 3.05) is 7.05 Å². The van der Waals surface area contributed by atoms with Crippen molar-refractivity contribution < 1.29 is 0 Å². The third-order valence-electron chi connectivity index (χ3n) is 3.15. The highest BCUT2D eigenvalue weighted by atomic mass is 16.1. The van der Waals surface area contributed by atoms with Crippen molar-refractivity contribution in [3.8, 4) is 11.3 Å². The molecular weight excluding hydrogens is 242 g/mol. The molecule has 2 heterocycles. The fourth-order valence-electron chi connectivity index (χ4n) is 2.19. The quantitative estimate of drug-likeness (QED) is 0.654. The molecule has 19 heavy (non-hydrogen) atoms. The van der Waals surface area contributed by atoms with Gasteiger partial charge in [0.05, 0.1) is 22.4 Å². The van der Waals surface area contributed by atoms with Gasteiger partial charge in [-0.1, -0.05) is 6.07 Å². The molecule has 6 nitrogen and oxygen atoms in total. The summed E-state index contributed by atoms with van der Waals surface area (Å²) >= 11 is 0. The Balaban J connectivity index is 2.07. The molecule has 3 rings (SSSR count). The highest BCUT2D eigenvalue weighted by Crippen LogP contribution is 2.21. The summed E-state index contributed by atoms with van der Waals surface area (Å²) in [5.74, 6) is 0. The van der Waals surface area contributed by atoms with E-state index in [9.17, 15) is 4.79 Å². The van der Waals surface area contributed by atoms with E-state index < -0.39 is 0 Å². The SMILES string of the molecule is CNCc1cc(-c2ccc3[nH]c(=O)[nH]c3c2)nn1C. The Bertz CT molecular complexity index is 780. The first-order valence-electron chi connectivity index (χ1n) is 6.07. The van der Waals surface area contributed by atoms with E-state index in [2.05, 4.69) is 20.4 Å². The molecule has 0 spiro atoms. The van der Waals surface area contributed by atoms with Crippen LogP contribution in [-0.2, 0) is 13.6 Å². The van der Waals surface area contributed by atoms with Gasteiger partial charge in [-0.15, -0.1) is 0 Å². The molecule has 0 saturated heterocycles. The number of imidazole rings is 1. The maximum atomic E-state index is 11.2. The Hall–Kier alpha value is -2.34. The average molecular weight is 257 g/mol. The Morgan fingerprint density at radius 3 is 2.84 bits per heavy atom. The van der Waals surface area contributed by atoms with Crippen LogP contribution in [0, 0.1) is 0 Å². The topological polar surface area (TPSA) is 78.5 Å². The van der Waals surface area contributed by atoms with Gasteiger partial charge in [-0.2, -0.15) is 5.10 Å². The molecule has 0 radical (unpaired) electrons. The largest absolute Gasteiger partial charge is 0.323 e. The molecule has 3 N–H and O–H groups in total. The van der Waals surface area contributed by atoms with Crippen LogP contribution in [0.25, 0.3) is 22.3 Å². The second kappa shape index (κ2) is 4.40. The van der Waals surface area contributed by atoms with Gasteiger partial charge in [-0.05, 0) is 25.2 Å². The Kier molecular flexibility index (Phi) is 2.72. The van der Waals surface area contributed by atoms with Gasteiger partial charge in [0.1, 0.15) is 0 Å². The van der Waals surface area contributed by atoms with E-state index in [0.29, 0.717) is 0 Å². The summed E-state index contributed by atoms with van der Waals surface area (Å²) in [6.45, 7) is 0.771. The van der Waals surface area contributed by atoms with Crippen molar-refractivity contribution in [1.82, 2.24) is 25.1 Å². The van der Waals surface area contributed by atoms with Crippen molar-refractivity contribution in [1.29, 1.82) is 0 Å². The minimum absolute atomic E-state index is 0.191. The van der Waals surface area contributed by atoms with E-state index >= 15 is 0 Å². The number of nitrogens with zero attached hydrogens (tertiary/aromatic N) is 2. The van der Waals surface area contributed by atoms with Crippen LogP contribution in [0.1, 0.15) is 5.69 Å². The standard InChI is InChI=1S/C13H15N5O/c1-14-7-9-6-11(17-18(9)2)8-3-4-10-12(5-8)16-13(19)15-10/h3-6,14H,7H2,1-2H3,(H2,15,16,19). The molecule has 0 atom stereocenters. The van der Waals surface area contributed by atoms with Gasteiger partial charge < -0.3 is 15.3 Å². The third-order valence-corrected chi connectivity index (χ3v) is 3.15. The van der Waals surface area contributed by atoms with E-state index in [4.69, 9.17) is 0 Å². The number of fused-ring (bicyclic) bond motifs is 1. The Morgan fingerprint density at radius 2 is 2.05 bits per heavy atom. The zero-order valence-electron chi connectivity index (χ0n) is 10.8. The van der Waals surface area contributed by atoms with Gasteiger partial charge in [0.15, 0.2) is 0 Å². The summed E-state index contributed by atoms with van der Waals surface area (Å²) in [5.41, 5.74) is 4.41. The monoisotopic (exact) mass is 257 g/mol. The van der Waals surface area contributed by atoms with Gasteiger partial charge in [0, 0.05) is 19.2 Å². The van der Waals surface area contributed by atoms with Crippen molar-refractivity contribution in [3.05, 3.63) is 40.4 Å². The van der Waals surface area contributed by atoms with E-state index in [1.165, 1.54) is 0 Å². The fourth-order valence-corrected chi connectivity index (χ4v) is 2.19. The molecule has 98 valence electrons. The van der Waals surface area contributed by atoms with Crippen LogP contribution < -0.4 is 11.0 Å². The maximum Gasteiger partial charge on any atom is 0.323 e. The lowest BCUT2D eigenvalue weighted by Gasteiger charge is -1.97. The van der Waals surface area contributed by atoms with Crippen LogP contribution in [0.2, 0.25) is 0 Å². The van der Waals surface area contributed by atoms with Crippen molar-refractivity contribution >= 4 is 11.0 Å². The number of hydrogen-bond acceptors (Lipinski definition) is 3. The average Bonchev–Trinajstić information content (AvgIpc) is 2.91. The molecule has 0 saturated carbocycles. The number of hydrogen-bond donors (Lipinski definition) is 3. The predicted octanol–water partition coefficient (Wildman–Crippen LogP) is 0.976. The Morgan fingerprint density at radius 1 is 1.26 bits per heavy atom. The number of nitrogens with one attached hydrogen (secondary N) is 3. The van der Waals surface area contributed by atoms with Gasteiger partial charge in [-0.25, -0.2) is 4.79 Å². The first-order valence-corrected chi connectivity index (χ1v) is 6.07. The third kappa shape index (κ3) is 2.06. The summed E-state index contributed by atoms with van der Waals surface area (Å²) in [6, 6.07) is 7.81. The number of benzene rings is 1.